The van der Waals surface area contributed by atoms with Crippen LogP contribution in [0.15, 0.2) is 24.4 Å². The van der Waals surface area contributed by atoms with Crippen LogP contribution in [-0.2, 0) is 0 Å². The van der Waals surface area contributed by atoms with Crippen molar-refractivity contribution in [3.8, 4) is 5.88 Å². The van der Waals surface area contributed by atoms with Crippen molar-refractivity contribution in [2.24, 2.45) is 0 Å². The molecular formula is C18H24N6O. The predicted molar refractivity (Wildman–Crippen MR) is 94.9 cm³/mol. The molecule has 2 fully saturated rings. The zero-order valence-corrected chi connectivity index (χ0v) is 14.6. The van der Waals surface area contributed by atoms with Crippen LogP contribution in [0, 0.1) is 6.92 Å². The van der Waals surface area contributed by atoms with E-state index in [1.54, 1.807) is 0 Å². The maximum Gasteiger partial charge on any atom is 0.233 e. The Morgan fingerprint density at radius 3 is 2.64 bits per heavy atom. The number of hydrogen-bond donors (Lipinski definition) is 0. The van der Waals surface area contributed by atoms with Gasteiger partial charge in [-0.15, -0.1) is 5.10 Å². The molecule has 0 spiro atoms. The van der Waals surface area contributed by atoms with Crippen LogP contribution in [0.3, 0.4) is 0 Å². The van der Waals surface area contributed by atoms with E-state index in [4.69, 9.17) is 9.72 Å². The molecule has 7 heteroatoms. The van der Waals surface area contributed by atoms with Gasteiger partial charge in [0.25, 0.3) is 0 Å². The maximum absolute atomic E-state index is 5.67. The zero-order chi connectivity index (χ0) is 17.1. The predicted octanol–water partition coefficient (Wildman–Crippen LogP) is 1.65. The molecule has 1 saturated heterocycles. The third kappa shape index (κ3) is 4.22. The van der Waals surface area contributed by atoms with E-state index in [-0.39, 0.29) is 0 Å². The fraction of sp³-hybridized carbons (Fsp3) is 0.556. The Hall–Kier alpha value is -2.28. The van der Waals surface area contributed by atoms with Crippen molar-refractivity contribution >= 4 is 5.82 Å². The minimum absolute atomic E-state index is 0.595. The Kier molecular flexibility index (Phi) is 4.74. The molecule has 2 aromatic rings. The van der Waals surface area contributed by atoms with Crippen molar-refractivity contribution in [3.05, 3.63) is 35.9 Å². The summed E-state index contributed by atoms with van der Waals surface area (Å²) in [4.78, 5) is 13.9. The van der Waals surface area contributed by atoms with Crippen LogP contribution in [-0.4, -0.2) is 64.4 Å². The monoisotopic (exact) mass is 340 g/mol. The lowest BCUT2D eigenvalue weighted by Crippen LogP contribution is -2.47. The van der Waals surface area contributed by atoms with E-state index in [1.165, 1.54) is 12.8 Å². The standard InChI is InChI=1S/C18H24N6O/c1-14-2-5-17(22-21-14)25-13-12-23-8-10-24(11-9-23)16-6-7-19-18(20-16)15-3-4-15/h2,5-7,15H,3-4,8-13H2,1H3. The minimum atomic E-state index is 0.595. The Morgan fingerprint density at radius 1 is 1.08 bits per heavy atom. The number of piperazine rings is 1. The van der Waals surface area contributed by atoms with Crippen LogP contribution in [0.5, 0.6) is 5.88 Å². The topological polar surface area (TPSA) is 67.3 Å². The Bertz CT molecular complexity index is 695. The molecule has 0 aromatic carbocycles. The molecule has 2 aromatic heterocycles. The Morgan fingerprint density at radius 2 is 1.92 bits per heavy atom. The lowest BCUT2D eigenvalue weighted by molar-refractivity contribution is 0.195. The molecule has 0 radical (unpaired) electrons. The van der Waals surface area contributed by atoms with Crippen LogP contribution in [0.25, 0.3) is 0 Å². The molecular weight excluding hydrogens is 316 g/mol. The molecule has 0 atom stereocenters. The van der Waals surface area contributed by atoms with Crippen LogP contribution in [0.2, 0.25) is 0 Å². The zero-order valence-electron chi connectivity index (χ0n) is 14.6. The second-order valence-electron chi connectivity index (χ2n) is 6.74. The van der Waals surface area contributed by atoms with Crippen molar-refractivity contribution in [2.75, 3.05) is 44.2 Å². The van der Waals surface area contributed by atoms with E-state index in [1.807, 2.05) is 31.3 Å². The van der Waals surface area contributed by atoms with E-state index in [2.05, 4.69) is 25.0 Å². The van der Waals surface area contributed by atoms with Gasteiger partial charge in [-0.25, -0.2) is 9.97 Å². The second-order valence-corrected chi connectivity index (χ2v) is 6.74. The average molecular weight is 340 g/mol. The van der Waals surface area contributed by atoms with Gasteiger partial charge >= 0.3 is 0 Å². The summed E-state index contributed by atoms with van der Waals surface area (Å²) < 4.78 is 5.67. The lowest BCUT2D eigenvalue weighted by atomic mass is 10.3. The molecule has 3 heterocycles. The SMILES string of the molecule is Cc1ccc(OCCN2CCN(c3ccnc(C4CC4)n3)CC2)nn1. The average Bonchev–Trinajstić information content (AvgIpc) is 3.49. The van der Waals surface area contributed by atoms with Gasteiger partial charge in [0.1, 0.15) is 18.2 Å². The molecule has 0 bridgehead atoms. The second kappa shape index (κ2) is 7.31. The molecule has 0 amide bonds. The van der Waals surface area contributed by atoms with E-state index in [0.29, 0.717) is 18.4 Å². The summed E-state index contributed by atoms with van der Waals surface area (Å²) in [5, 5.41) is 8.03. The first-order valence-electron chi connectivity index (χ1n) is 9.01. The molecule has 25 heavy (non-hydrogen) atoms. The van der Waals surface area contributed by atoms with Crippen LogP contribution >= 0.6 is 0 Å². The minimum Gasteiger partial charge on any atom is -0.475 e. The third-order valence-corrected chi connectivity index (χ3v) is 4.73. The highest BCUT2D eigenvalue weighted by atomic mass is 16.5. The molecule has 1 aliphatic carbocycles. The summed E-state index contributed by atoms with van der Waals surface area (Å²) in [6.07, 6.45) is 4.38. The first-order chi connectivity index (χ1) is 12.3. The van der Waals surface area contributed by atoms with E-state index < -0.39 is 0 Å². The maximum atomic E-state index is 5.67. The Labute approximate surface area is 148 Å². The van der Waals surface area contributed by atoms with Crippen molar-refractivity contribution in [2.45, 2.75) is 25.7 Å². The van der Waals surface area contributed by atoms with Crippen LogP contribution in [0.1, 0.15) is 30.3 Å². The normalized spacial score (nSPS) is 18.4. The number of hydrogen-bond acceptors (Lipinski definition) is 7. The van der Waals surface area contributed by atoms with Gasteiger partial charge in [0.15, 0.2) is 0 Å². The van der Waals surface area contributed by atoms with Crippen molar-refractivity contribution < 1.29 is 4.74 Å². The smallest absolute Gasteiger partial charge is 0.233 e. The van der Waals surface area contributed by atoms with Gasteiger partial charge in [0.2, 0.25) is 5.88 Å². The fourth-order valence-electron chi connectivity index (χ4n) is 3.02. The van der Waals surface area contributed by atoms with Gasteiger partial charge in [-0.1, -0.05) is 0 Å². The molecule has 2 aliphatic rings. The number of aromatic nitrogens is 4. The highest BCUT2D eigenvalue weighted by Crippen LogP contribution is 2.38. The van der Waals surface area contributed by atoms with Gasteiger partial charge in [0.05, 0.1) is 5.69 Å². The van der Waals surface area contributed by atoms with Crippen molar-refractivity contribution in [1.82, 2.24) is 25.1 Å². The molecule has 4 rings (SSSR count). The summed E-state index contributed by atoms with van der Waals surface area (Å²) in [7, 11) is 0. The third-order valence-electron chi connectivity index (χ3n) is 4.73. The summed E-state index contributed by atoms with van der Waals surface area (Å²) in [6.45, 7) is 7.48. The van der Waals surface area contributed by atoms with Gasteiger partial charge in [0, 0.05) is 50.9 Å². The summed E-state index contributed by atoms with van der Waals surface area (Å²) in [5.74, 6) is 3.29. The van der Waals surface area contributed by atoms with E-state index in [9.17, 15) is 0 Å². The summed E-state index contributed by atoms with van der Waals surface area (Å²) in [6, 6.07) is 5.81. The van der Waals surface area contributed by atoms with E-state index >= 15 is 0 Å². The van der Waals surface area contributed by atoms with Gasteiger partial charge in [-0.3, -0.25) is 4.90 Å². The molecule has 1 aliphatic heterocycles. The van der Waals surface area contributed by atoms with Gasteiger partial charge < -0.3 is 9.64 Å². The van der Waals surface area contributed by atoms with Crippen molar-refractivity contribution in [3.63, 3.8) is 0 Å². The Balaban J connectivity index is 1.23. The molecule has 0 N–H and O–H groups in total. The largest absolute Gasteiger partial charge is 0.475 e. The highest BCUT2D eigenvalue weighted by molar-refractivity contribution is 5.38. The summed E-state index contributed by atoms with van der Waals surface area (Å²) >= 11 is 0. The quantitative estimate of drug-likeness (QED) is 0.792. The number of nitrogens with zero attached hydrogens (tertiary/aromatic N) is 6. The van der Waals surface area contributed by atoms with Gasteiger partial charge in [-0.05, 0) is 31.9 Å². The molecule has 1 saturated carbocycles. The first kappa shape index (κ1) is 16.2. The lowest BCUT2D eigenvalue weighted by Gasteiger charge is -2.35. The summed E-state index contributed by atoms with van der Waals surface area (Å²) in [5.41, 5.74) is 0.901. The highest BCUT2D eigenvalue weighted by Gasteiger charge is 2.27. The van der Waals surface area contributed by atoms with Gasteiger partial charge in [-0.2, -0.15) is 5.10 Å². The van der Waals surface area contributed by atoms with Crippen LogP contribution < -0.4 is 9.64 Å². The molecule has 132 valence electrons. The first-order valence-corrected chi connectivity index (χ1v) is 9.01. The number of aryl methyl sites for hydroxylation is 1. The molecule has 7 nitrogen and oxygen atoms in total. The van der Waals surface area contributed by atoms with Crippen LogP contribution in [0.4, 0.5) is 5.82 Å². The van der Waals surface area contributed by atoms with E-state index in [0.717, 1.165) is 50.1 Å². The fourth-order valence-corrected chi connectivity index (χ4v) is 3.02. The number of anilines is 1. The number of ether oxygens (including phenoxy) is 1. The van der Waals surface area contributed by atoms with Crippen molar-refractivity contribution in [1.29, 1.82) is 0 Å². The molecule has 0 unspecified atom stereocenters. The number of rotatable bonds is 6.